The molecule has 0 bridgehead atoms. The van der Waals surface area contributed by atoms with Gasteiger partial charge in [0.15, 0.2) is 0 Å². The predicted molar refractivity (Wildman–Crippen MR) is 71.5 cm³/mol. The second-order valence-electron chi connectivity index (χ2n) is 3.77. The number of aromatic hydroxyl groups is 1. The number of benzene rings is 1. The molecule has 2 aromatic rings. The van der Waals surface area contributed by atoms with Crippen LogP contribution in [0.2, 0.25) is 0 Å². The Hall–Kier alpha value is -2.77. The van der Waals surface area contributed by atoms with E-state index in [1.54, 1.807) is 18.2 Å². The minimum Gasteiger partial charge on any atom is -0.506 e. The summed E-state index contributed by atoms with van der Waals surface area (Å²) in [5.41, 5.74) is 0.530. The molecule has 0 radical (unpaired) electrons. The summed E-state index contributed by atoms with van der Waals surface area (Å²) >= 11 is 1.10. The van der Waals surface area contributed by atoms with Gasteiger partial charge >= 0.3 is 29.2 Å². The Balaban J connectivity index is 0.000000366. The summed E-state index contributed by atoms with van der Waals surface area (Å²) in [5, 5.41) is 23.5. The van der Waals surface area contributed by atoms with Crippen LogP contribution in [0.5, 0.6) is 5.75 Å². The lowest BCUT2D eigenvalue weighted by Crippen LogP contribution is -2.21. The van der Waals surface area contributed by atoms with E-state index < -0.39 is 24.3 Å². The fourth-order valence-electron chi connectivity index (χ4n) is 0.958. The second kappa shape index (κ2) is 8.36. The zero-order valence-electron chi connectivity index (χ0n) is 11.5. The lowest BCUT2D eigenvalue weighted by atomic mass is 10.3. The third-order valence-electron chi connectivity index (χ3n) is 1.92. The first kappa shape index (κ1) is 22.2. The first-order chi connectivity index (χ1) is 11.2. The van der Waals surface area contributed by atoms with E-state index in [-0.39, 0.29) is 10.6 Å². The molecule has 1 aromatic carbocycles. The molecule has 0 unspecified atom stereocenters. The third kappa shape index (κ3) is 8.05. The number of nitrogens with one attached hydrogen (secondary N) is 1. The van der Waals surface area contributed by atoms with Gasteiger partial charge in [0, 0.05) is 0 Å². The molecule has 0 spiro atoms. The maximum absolute atomic E-state index is 10.8. The first-order valence-corrected chi connectivity index (χ1v) is 6.39. The molecule has 0 amide bonds. The molecule has 0 atom stereocenters. The number of aromatic amines is 1. The number of fused-ring (bicyclic) bond motifs is 1. The number of carbonyl (C=O) groups is 2. The SMILES string of the molecule is O=C(O)C(F)(F)F.O=C(O)C(F)(F)F.O=c1[nH]c2c(O)cccc2s1. The molecule has 2 rings (SSSR count). The Kier molecular flexibility index (Phi) is 7.44. The van der Waals surface area contributed by atoms with E-state index in [2.05, 4.69) is 4.98 Å². The molecule has 0 fully saturated rings. The molecule has 1 aromatic heterocycles. The molecule has 25 heavy (non-hydrogen) atoms. The van der Waals surface area contributed by atoms with Crippen LogP contribution in [0.15, 0.2) is 23.0 Å². The van der Waals surface area contributed by atoms with Crippen LogP contribution in [0.1, 0.15) is 0 Å². The lowest BCUT2D eigenvalue weighted by molar-refractivity contribution is -0.193. The Labute approximate surface area is 136 Å². The molecule has 0 saturated carbocycles. The number of rotatable bonds is 0. The minimum atomic E-state index is -5.08. The number of thiazole rings is 1. The van der Waals surface area contributed by atoms with Gasteiger partial charge in [-0.1, -0.05) is 17.4 Å². The van der Waals surface area contributed by atoms with Crippen LogP contribution < -0.4 is 4.87 Å². The number of alkyl halides is 6. The van der Waals surface area contributed by atoms with Crippen molar-refractivity contribution in [3.8, 4) is 5.75 Å². The summed E-state index contributed by atoms with van der Waals surface area (Å²) in [7, 11) is 0. The smallest absolute Gasteiger partial charge is 0.490 e. The molecule has 0 aliphatic heterocycles. The van der Waals surface area contributed by atoms with Gasteiger partial charge < -0.3 is 20.3 Å². The summed E-state index contributed by atoms with van der Waals surface area (Å²) in [5.74, 6) is -5.39. The molecule has 4 N–H and O–H groups in total. The number of phenols is 1. The molecular formula is C11H7F6NO6S. The number of para-hydroxylation sites is 1. The molecule has 1 heterocycles. The van der Waals surface area contributed by atoms with Crippen LogP contribution in [-0.2, 0) is 9.59 Å². The van der Waals surface area contributed by atoms with Crippen molar-refractivity contribution in [1.29, 1.82) is 0 Å². The fraction of sp³-hybridized carbons (Fsp3) is 0.182. The van der Waals surface area contributed by atoms with E-state index in [1.165, 1.54) is 0 Å². The highest BCUT2D eigenvalue weighted by atomic mass is 32.1. The van der Waals surface area contributed by atoms with Gasteiger partial charge in [0.05, 0.1) is 4.70 Å². The molecule has 0 aliphatic rings. The number of carboxylic acids is 2. The number of phenolic OH excluding ortho intramolecular Hbond substituents is 1. The fourth-order valence-corrected chi connectivity index (χ4v) is 1.71. The van der Waals surface area contributed by atoms with Crippen molar-refractivity contribution in [3.63, 3.8) is 0 Å². The van der Waals surface area contributed by atoms with Crippen molar-refractivity contribution in [1.82, 2.24) is 4.98 Å². The highest BCUT2D eigenvalue weighted by Crippen LogP contribution is 2.22. The Bertz CT molecular complexity index is 769. The normalized spacial score (nSPS) is 11.0. The monoisotopic (exact) mass is 395 g/mol. The molecule has 7 nitrogen and oxygen atoms in total. The van der Waals surface area contributed by atoms with E-state index in [1.807, 2.05) is 0 Å². The van der Waals surface area contributed by atoms with Crippen molar-refractivity contribution >= 4 is 33.5 Å². The van der Waals surface area contributed by atoms with Gasteiger partial charge in [-0.15, -0.1) is 0 Å². The van der Waals surface area contributed by atoms with Gasteiger partial charge in [-0.25, -0.2) is 9.59 Å². The number of aliphatic carboxylic acids is 2. The van der Waals surface area contributed by atoms with Crippen molar-refractivity contribution in [2.24, 2.45) is 0 Å². The van der Waals surface area contributed by atoms with Crippen LogP contribution in [0, 0.1) is 0 Å². The third-order valence-corrected chi connectivity index (χ3v) is 2.77. The predicted octanol–water partition coefficient (Wildman–Crippen LogP) is 2.56. The van der Waals surface area contributed by atoms with Crippen LogP contribution in [-0.4, -0.2) is 44.6 Å². The Morgan fingerprint density at radius 2 is 1.36 bits per heavy atom. The number of hydrogen-bond donors (Lipinski definition) is 4. The van der Waals surface area contributed by atoms with Gasteiger partial charge in [0.1, 0.15) is 11.3 Å². The number of carboxylic acid groups (broad SMARTS) is 2. The number of hydrogen-bond acceptors (Lipinski definition) is 5. The van der Waals surface area contributed by atoms with Gasteiger partial charge in [-0.2, -0.15) is 26.3 Å². The number of halogens is 6. The summed E-state index contributed by atoms with van der Waals surface area (Å²) in [6, 6.07) is 5.05. The van der Waals surface area contributed by atoms with E-state index in [9.17, 15) is 36.2 Å². The summed E-state index contributed by atoms with van der Waals surface area (Å²) < 4.78 is 64.3. The quantitative estimate of drug-likeness (QED) is 0.508. The average Bonchev–Trinajstić information content (AvgIpc) is 2.80. The van der Waals surface area contributed by atoms with Crippen LogP contribution in [0.3, 0.4) is 0 Å². The van der Waals surface area contributed by atoms with Crippen molar-refractivity contribution in [2.75, 3.05) is 0 Å². The summed E-state index contributed by atoms with van der Waals surface area (Å²) in [6.07, 6.45) is -10.2. The van der Waals surface area contributed by atoms with Crippen LogP contribution >= 0.6 is 11.3 Å². The van der Waals surface area contributed by atoms with Gasteiger partial charge in [-0.3, -0.25) is 4.79 Å². The maximum Gasteiger partial charge on any atom is 0.490 e. The van der Waals surface area contributed by atoms with Crippen molar-refractivity contribution < 1.29 is 51.3 Å². The van der Waals surface area contributed by atoms with E-state index >= 15 is 0 Å². The zero-order valence-corrected chi connectivity index (χ0v) is 12.3. The molecule has 14 heteroatoms. The Morgan fingerprint density at radius 1 is 0.960 bits per heavy atom. The number of H-pyrrole nitrogens is 1. The zero-order chi connectivity index (χ0) is 20.0. The van der Waals surface area contributed by atoms with E-state index in [4.69, 9.17) is 19.8 Å². The van der Waals surface area contributed by atoms with Gasteiger partial charge in [0.2, 0.25) is 0 Å². The largest absolute Gasteiger partial charge is 0.506 e. The summed E-state index contributed by atoms with van der Waals surface area (Å²) in [4.78, 5) is 31.0. The van der Waals surface area contributed by atoms with E-state index in [0.717, 1.165) is 16.0 Å². The molecular weight excluding hydrogens is 388 g/mol. The summed E-state index contributed by atoms with van der Waals surface area (Å²) in [6.45, 7) is 0. The van der Waals surface area contributed by atoms with Crippen molar-refractivity contribution in [2.45, 2.75) is 12.4 Å². The highest BCUT2D eigenvalue weighted by molar-refractivity contribution is 7.16. The van der Waals surface area contributed by atoms with E-state index in [0.29, 0.717) is 5.52 Å². The first-order valence-electron chi connectivity index (χ1n) is 5.57. The van der Waals surface area contributed by atoms with Gasteiger partial charge in [-0.05, 0) is 12.1 Å². The van der Waals surface area contributed by atoms with Crippen LogP contribution in [0.25, 0.3) is 10.2 Å². The second-order valence-corrected chi connectivity index (χ2v) is 4.79. The average molecular weight is 395 g/mol. The maximum atomic E-state index is 10.8. The standard InChI is InChI=1S/C7H5NO2S.2C2HF3O2/c9-4-2-1-3-5-6(4)8-7(10)11-5;2*3-2(4,5)1(6)7/h1-3,9H,(H,8,10);2*(H,6,7). The molecule has 0 saturated heterocycles. The van der Waals surface area contributed by atoms with Crippen LogP contribution in [0.4, 0.5) is 26.3 Å². The Morgan fingerprint density at radius 3 is 1.68 bits per heavy atom. The molecule has 140 valence electrons. The topological polar surface area (TPSA) is 128 Å². The number of aromatic nitrogens is 1. The lowest BCUT2D eigenvalue weighted by Gasteiger charge is -1.93. The van der Waals surface area contributed by atoms with Gasteiger partial charge in [0.25, 0.3) is 0 Å². The minimum absolute atomic E-state index is 0.126. The molecule has 0 aliphatic carbocycles. The highest BCUT2D eigenvalue weighted by Gasteiger charge is 2.38. The van der Waals surface area contributed by atoms with Crippen molar-refractivity contribution in [3.05, 3.63) is 27.9 Å².